The number of hydrogen-bond acceptors (Lipinski definition) is 7. The molecule has 0 aromatic heterocycles. The van der Waals surface area contributed by atoms with Gasteiger partial charge in [-0.25, -0.2) is 4.79 Å². The highest BCUT2D eigenvalue weighted by atomic mass is 33.1. The van der Waals surface area contributed by atoms with E-state index in [1.165, 1.54) is 15.7 Å². The Balaban J connectivity index is 3.56. The summed E-state index contributed by atoms with van der Waals surface area (Å²) in [4.78, 5) is 22.7. The molecule has 5 N–H and O–H groups in total. The van der Waals surface area contributed by atoms with Gasteiger partial charge >= 0.3 is 6.09 Å². The third-order valence-corrected chi connectivity index (χ3v) is 4.18. The van der Waals surface area contributed by atoms with Crippen LogP contribution in [0.25, 0.3) is 0 Å². The van der Waals surface area contributed by atoms with Crippen LogP contribution in [0.5, 0.6) is 0 Å². The van der Waals surface area contributed by atoms with Crippen LogP contribution in [-0.2, 0) is 9.53 Å². The zero-order valence-electron chi connectivity index (χ0n) is 11.9. The minimum atomic E-state index is -0.743. The summed E-state index contributed by atoms with van der Waals surface area (Å²) in [5.74, 6) is 1.04. The van der Waals surface area contributed by atoms with Gasteiger partial charge < -0.3 is 15.0 Å². The Bertz CT molecular complexity index is 367. The van der Waals surface area contributed by atoms with Crippen LogP contribution < -0.4 is 16.0 Å². The van der Waals surface area contributed by atoms with Gasteiger partial charge in [0, 0.05) is 32.1 Å². The van der Waals surface area contributed by atoms with Crippen molar-refractivity contribution in [1.82, 2.24) is 20.9 Å². The van der Waals surface area contributed by atoms with Crippen molar-refractivity contribution in [3.8, 4) is 0 Å². The predicted molar refractivity (Wildman–Crippen MR) is 85.7 cm³/mol. The summed E-state index contributed by atoms with van der Waals surface area (Å²) in [7, 11) is 6.37. The summed E-state index contributed by atoms with van der Waals surface area (Å²) in [6.07, 6.45) is -0.0928. The summed E-state index contributed by atoms with van der Waals surface area (Å²) in [6, 6.07) is 0. The molecule has 2 amide bonds. The van der Waals surface area contributed by atoms with E-state index in [0.717, 1.165) is 5.75 Å². The number of rotatable bonds is 8. The molecule has 120 valence electrons. The zero-order chi connectivity index (χ0) is 16.1. The molecule has 0 saturated carbocycles. The molecule has 0 unspecified atom stereocenters. The lowest BCUT2D eigenvalue weighted by atomic mass is 10.7. The van der Waals surface area contributed by atoms with Crippen LogP contribution in [-0.4, -0.2) is 68.1 Å². The standard InChI is InChI=1S/C10H20N6O3S2/c1-16(2)9(12)14-8(11)15-10(18)19-4-6-21-20-5-3-13-7-17/h7H,3-6H2,1-2H3,(H,13,17)(H4,11,12,14,15,18). The molecule has 0 heterocycles. The Morgan fingerprint density at radius 3 is 2.52 bits per heavy atom. The Morgan fingerprint density at radius 2 is 1.90 bits per heavy atom. The summed E-state index contributed by atoms with van der Waals surface area (Å²) in [5.41, 5.74) is 0. The topological polar surface area (TPSA) is 130 Å². The quantitative estimate of drug-likeness (QED) is 0.137. The van der Waals surface area contributed by atoms with Gasteiger partial charge in [-0.3, -0.25) is 26.2 Å². The molecule has 11 heteroatoms. The molecule has 9 nitrogen and oxygen atoms in total. The molecule has 0 bridgehead atoms. The summed E-state index contributed by atoms with van der Waals surface area (Å²) >= 11 is 0. The number of hydrogen-bond donors (Lipinski definition) is 5. The largest absolute Gasteiger partial charge is 0.448 e. The molecule has 0 aliphatic carbocycles. The molecule has 0 fully saturated rings. The smallest absolute Gasteiger partial charge is 0.413 e. The first-order valence-electron chi connectivity index (χ1n) is 5.94. The zero-order valence-corrected chi connectivity index (χ0v) is 13.5. The van der Waals surface area contributed by atoms with Crippen LogP contribution in [0.2, 0.25) is 0 Å². The first-order chi connectivity index (χ1) is 9.97. The minimum Gasteiger partial charge on any atom is -0.448 e. The first kappa shape index (κ1) is 19.4. The predicted octanol–water partition coefficient (Wildman–Crippen LogP) is -0.139. The molecular formula is C10H20N6O3S2. The molecule has 0 spiro atoms. The molecule has 0 aromatic carbocycles. The van der Waals surface area contributed by atoms with Crippen LogP contribution in [0.3, 0.4) is 0 Å². The third-order valence-electron chi connectivity index (χ3n) is 1.81. The lowest BCUT2D eigenvalue weighted by Gasteiger charge is -2.15. The fourth-order valence-corrected chi connectivity index (χ4v) is 2.59. The molecule has 0 aliphatic rings. The summed E-state index contributed by atoms with van der Waals surface area (Å²) in [6.45, 7) is 0.812. The van der Waals surface area contributed by atoms with Gasteiger partial charge in [0.25, 0.3) is 0 Å². The highest BCUT2D eigenvalue weighted by molar-refractivity contribution is 8.76. The van der Waals surface area contributed by atoms with Crippen molar-refractivity contribution in [2.24, 2.45) is 0 Å². The van der Waals surface area contributed by atoms with Crippen LogP contribution >= 0.6 is 21.6 Å². The second-order valence-electron chi connectivity index (χ2n) is 3.72. The number of nitrogens with one attached hydrogen (secondary N) is 5. The highest BCUT2D eigenvalue weighted by Crippen LogP contribution is 2.19. The third kappa shape index (κ3) is 11.9. The van der Waals surface area contributed by atoms with Crippen molar-refractivity contribution in [3.63, 3.8) is 0 Å². The van der Waals surface area contributed by atoms with E-state index in [0.29, 0.717) is 18.7 Å². The van der Waals surface area contributed by atoms with Gasteiger partial charge in [-0.1, -0.05) is 21.6 Å². The van der Waals surface area contributed by atoms with E-state index in [4.69, 9.17) is 15.6 Å². The van der Waals surface area contributed by atoms with E-state index in [-0.39, 0.29) is 18.5 Å². The number of nitrogens with zero attached hydrogens (tertiary/aromatic N) is 1. The second-order valence-corrected chi connectivity index (χ2v) is 6.42. The van der Waals surface area contributed by atoms with Gasteiger partial charge in [0.1, 0.15) is 6.61 Å². The van der Waals surface area contributed by atoms with Crippen LogP contribution in [0.15, 0.2) is 0 Å². The van der Waals surface area contributed by atoms with Crippen LogP contribution in [0.1, 0.15) is 0 Å². The first-order valence-corrected chi connectivity index (χ1v) is 8.42. The van der Waals surface area contributed by atoms with E-state index in [1.54, 1.807) is 24.9 Å². The number of carbonyl (C=O) groups is 2. The maximum absolute atomic E-state index is 11.3. The maximum Gasteiger partial charge on any atom is 0.413 e. The van der Waals surface area contributed by atoms with E-state index in [2.05, 4.69) is 16.0 Å². The molecular weight excluding hydrogens is 316 g/mol. The van der Waals surface area contributed by atoms with E-state index < -0.39 is 6.09 Å². The Kier molecular flexibility index (Phi) is 11.2. The molecule has 21 heavy (non-hydrogen) atoms. The van der Waals surface area contributed by atoms with E-state index in [9.17, 15) is 9.59 Å². The number of amides is 2. The summed E-state index contributed by atoms with van der Waals surface area (Å²) in [5, 5.41) is 21.9. The van der Waals surface area contributed by atoms with Gasteiger partial charge in [0.15, 0.2) is 5.96 Å². The number of ether oxygens (including phenoxy) is 1. The average Bonchev–Trinajstić information content (AvgIpc) is 2.41. The Morgan fingerprint density at radius 1 is 1.24 bits per heavy atom. The second kappa shape index (κ2) is 12.1. The van der Waals surface area contributed by atoms with Crippen LogP contribution in [0, 0.1) is 10.8 Å². The molecule has 0 rings (SSSR count). The molecule has 0 atom stereocenters. The fourth-order valence-electron chi connectivity index (χ4n) is 0.845. The van der Waals surface area contributed by atoms with Gasteiger partial charge in [0.05, 0.1) is 0 Å². The van der Waals surface area contributed by atoms with E-state index >= 15 is 0 Å². The number of carbonyl (C=O) groups excluding carboxylic acids is 2. The Labute approximate surface area is 131 Å². The lowest BCUT2D eigenvalue weighted by Crippen LogP contribution is -2.47. The van der Waals surface area contributed by atoms with Gasteiger partial charge in [-0.15, -0.1) is 0 Å². The van der Waals surface area contributed by atoms with Crippen molar-refractivity contribution < 1.29 is 14.3 Å². The number of alkyl carbamates (subject to hydrolysis) is 1. The lowest BCUT2D eigenvalue weighted by molar-refractivity contribution is -0.109. The van der Waals surface area contributed by atoms with E-state index in [1.807, 2.05) is 0 Å². The molecule has 0 aliphatic heterocycles. The number of guanidine groups is 2. The average molecular weight is 336 g/mol. The molecule has 0 saturated heterocycles. The van der Waals surface area contributed by atoms with Crippen molar-refractivity contribution in [2.75, 3.05) is 38.8 Å². The molecule has 0 radical (unpaired) electrons. The Hall–Kier alpha value is -1.62. The van der Waals surface area contributed by atoms with Crippen molar-refractivity contribution in [2.45, 2.75) is 0 Å². The SMILES string of the molecule is CN(C)C(=N)NC(=N)NC(=O)OCCSSCCNC=O. The molecule has 0 aromatic rings. The monoisotopic (exact) mass is 336 g/mol. The fraction of sp³-hybridized carbons (Fsp3) is 0.600. The van der Waals surface area contributed by atoms with Crippen molar-refractivity contribution >= 4 is 46.0 Å². The summed E-state index contributed by atoms with van der Waals surface area (Å²) < 4.78 is 4.86. The maximum atomic E-state index is 11.3. The van der Waals surface area contributed by atoms with Gasteiger partial charge in [-0.05, 0) is 0 Å². The van der Waals surface area contributed by atoms with Crippen molar-refractivity contribution in [3.05, 3.63) is 0 Å². The normalized spacial score (nSPS) is 9.43. The minimum absolute atomic E-state index is 0.0174. The van der Waals surface area contributed by atoms with Gasteiger partial charge in [0.2, 0.25) is 12.4 Å². The highest BCUT2D eigenvalue weighted by Gasteiger charge is 2.07. The van der Waals surface area contributed by atoms with Crippen LogP contribution in [0.4, 0.5) is 4.79 Å². The van der Waals surface area contributed by atoms with Crippen molar-refractivity contribution in [1.29, 1.82) is 10.8 Å². The van der Waals surface area contributed by atoms with Gasteiger partial charge in [-0.2, -0.15) is 0 Å².